The van der Waals surface area contributed by atoms with Crippen molar-refractivity contribution >= 4 is 29.5 Å². The average molecular weight is 313 g/mol. The van der Waals surface area contributed by atoms with E-state index in [-0.39, 0.29) is 11.8 Å². The number of amides is 1. The lowest BCUT2D eigenvalue weighted by Gasteiger charge is -2.31. The van der Waals surface area contributed by atoms with Gasteiger partial charge in [0.25, 0.3) is 0 Å². The van der Waals surface area contributed by atoms with Crippen molar-refractivity contribution in [1.82, 2.24) is 9.62 Å². The third-order valence-corrected chi connectivity index (χ3v) is 4.89. The molecule has 1 heterocycles. The first-order chi connectivity index (χ1) is 9.67. The summed E-state index contributed by atoms with van der Waals surface area (Å²) in [7, 11) is 0. The maximum absolute atomic E-state index is 11.1. The summed E-state index contributed by atoms with van der Waals surface area (Å²) in [5, 5.41) is 2.88. The SMILES string of the molecule is Cc1ccc(SN2CCC(CNC(=O)CCl)CC2)cc1. The first kappa shape index (κ1) is 15.7. The monoisotopic (exact) mass is 312 g/mol. The van der Waals surface area contributed by atoms with E-state index in [1.165, 1.54) is 10.5 Å². The molecule has 0 bridgehead atoms. The van der Waals surface area contributed by atoms with E-state index in [9.17, 15) is 4.79 Å². The van der Waals surface area contributed by atoms with Gasteiger partial charge >= 0.3 is 0 Å². The highest BCUT2D eigenvalue weighted by molar-refractivity contribution is 7.97. The van der Waals surface area contributed by atoms with Crippen molar-refractivity contribution in [3.63, 3.8) is 0 Å². The van der Waals surface area contributed by atoms with E-state index in [2.05, 4.69) is 40.8 Å². The lowest BCUT2D eigenvalue weighted by molar-refractivity contribution is -0.118. The van der Waals surface area contributed by atoms with Gasteiger partial charge in [0, 0.05) is 24.5 Å². The Morgan fingerprint density at radius 3 is 2.60 bits per heavy atom. The Morgan fingerprint density at radius 2 is 2.00 bits per heavy atom. The van der Waals surface area contributed by atoms with Crippen molar-refractivity contribution in [3.05, 3.63) is 29.8 Å². The van der Waals surface area contributed by atoms with Crippen molar-refractivity contribution in [2.45, 2.75) is 24.7 Å². The van der Waals surface area contributed by atoms with Crippen LogP contribution in [0.2, 0.25) is 0 Å². The molecule has 0 unspecified atom stereocenters. The van der Waals surface area contributed by atoms with Crippen LogP contribution in [0.3, 0.4) is 0 Å². The minimum Gasteiger partial charge on any atom is -0.355 e. The van der Waals surface area contributed by atoms with Gasteiger partial charge in [-0.1, -0.05) is 17.7 Å². The Hall–Kier alpha value is -0.710. The zero-order valence-corrected chi connectivity index (χ0v) is 13.3. The molecule has 0 aromatic heterocycles. The zero-order chi connectivity index (χ0) is 14.4. The lowest BCUT2D eigenvalue weighted by atomic mass is 9.98. The lowest BCUT2D eigenvalue weighted by Crippen LogP contribution is -2.36. The molecule has 1 aliphatic rings. The van der Waals surface area contributed by atoms with Gasteiger partial charge in [0.1, 0.15) is 5.88 Å². The molecular weight excluding hydrogens is 292 g/mol. The summed E-state index contributed by atoms with van der Waals surface area (Å²) >= 11 is 7.30. The highest BCUT2D eigenvalue weighted by Crippen LogP contribution is 2.28. The highest BCUT2D eigenvalue weighted by Gasteiger charge is 2.20. The van der Waals surface area contributed by atoms with E-state index in [1.807, 2.05) is 11.9 Å². The molecular formula is C15H21ClN2OS. The third-order valence-electron chi connectivity index (χ3n) is 3.54. The molecule has 0 spiro atoms. The fourth-order valence-electron chi connectivity index (χ4n) is 2.26. The summed E-state index contributed by atoms with van der Waals surface area (Å²) in [6.07, 6.45) is 2.25. The van der Waals surface area contributed by atoms with Crippen LogP contribution in [-0.4, -0.2) is 35.7 Å². The number of carbonyl (C=O) groups excluding carboxylic acids is 1. The number of nitrogens with one attached hydrogen (secondary N) is 1. The number of halogens is 1. The van der Waals surface area contributed by atoms with Gasteiger partial charge in [-0.05, 0) is 49.8 Å². The molecule has 1 N–H and O–H groups in total. The number of rotatable bonds is 5. The Labute approximate surface area is 130 Å². The van der Waals surface area contributed by atoms with Crippen molar-refractivity contribution in [2.75, 3.05) is 25.5 Å². The molecule has 1 aliphatic heterocycles. The summed E-state index contributed by atoms with van der Waals surface area (Å²) in [5.74, 6) is 0.572. The molecule has 0 atom stereocenters. The molecule has 1 amide bonds. The predicted octanol–water partition coefficient (Wildman–Crippen LogP) is 3.07. The third kappa shape index (κ3) is 5.00. The van der Waals surface area contributed by atoms with Crippen LogP contribution < -0.4 is 5.32 Å². The van der Waals surface area contributed by atoms with Crippen LogP contribution in [0, 0.1) is 12.8 Å². The predicted molar refractivity (Wildman–Crippen MR) is 85.1 cm³/mol. The second kappa shape index (κ2) is 7.91. The fourth-order valence-corrected chi connectivity index (χ4v) is 3.30. The van der Waals surface area contributed by atoms with Crippen molar-refractivity contribution < 1.29 is 4.79 Å². The molecule has 0 aliphatic carbocycles. The molecule has 0 saturated carbocycles. The zero-order valence-electron chi connectivity index (χ0n) is 11.8. The van der Waals surface area contributed by atoms with Gasteiger partial charge in [-0.15, -0.1) is 11.6 Å². The van der Waals surface area contributed by atoms with Gasteiger partial charge in [-0.25, -0.2) is 4.31 Å². The molecule has 2 rings (SSSR count). The number of hydrogen-bond donors (Lipinski definition) is 1. The van der Waals surface area contributed by atoms with Crippen LogP contribution in [0.4, 0.5) is 0 Å². The molecule has 0 radical (unpaired) electrons. The summed E-state index contributed by atoms with van der Waals surface area (Å²) in [4.78, 5) is 12.4. The number of hydrogen-bond acceptors (Lipinski definition) is 3. The van der Waals surface area contributed by atoms with E-state index in [4.69, 9.17) is 11.6 Å². The maximum atomic E-state index is 11.1. The largest absolute Gasteiger partial charge is 0.355 e. The van der Waals surface area contributed by atoms with E-state index in [1.54, 1.807) is 0 Å². The number of carbonyl (C=O) groups is 1. The van der Waals surface area contributed by atoms with E-state index >= 15 is 0 Å². The molecule has 1 fully saturated rings. The maximum Gasteiger partial charge on any atom is 0.234 e. The van der Waals surface area contributed by atoms with Crippen LogP contribution in [-0.2, 0) is 4.79 Å². The fraction of sp³-hybridized carbons (Fsp3) is 0.533. The molecule has 3 nitrogen and oxygen atoms in total. The Balaban J connectivity index is 1.71. The van der Waals surface area contributed by atoms with Crippen LogP contribution in [0.5, 0.6) is 0 Å². The van der Waals surface area contributed by atoms with E-state index < -0.39 is 0 Å². The highest BCUT2D eigenvalue weighted by atomic mass is 35.5. The van der Waals surface area contributed by atoms with Gasteiger partial charge in [-0.2, -0.15) is 0 Å². The molecule has 1 aromatic rings. The molecule has 110 valence electrons. The van der Waals surface area contributed by atoms with Gasteiger partial charge in [0.15, 0.2) is 0 Å². The van der Waals surface area contributed by atoms with Gasteiger partial charge in [0.2, 0.25) is 5.91 Å². The number of alkyl halides is 1. The van der Waals surface area contributed by atoms with Gasteiger partial charge < -0.3 is 5.32 Å². The van der Waals surface area contributed by atoms with Crippen LogP contribution in [0.1, 0.15) is 18.4 Å². The molecule has 1 saturated heterocycles. The number of benzene rings is 1. The van der Waals surface area contributed by atoms with Crippen molar-refractivity contribution in [3.8, 4) is 0 Å². The summed E-state index contributed by atoms with van der Waals surface area (Å²) < 4.78 is 2.41. The Bertz CT molecular complexity index is 430. The number of aryl methyl sites for hydroxylation is 1. The van der Waals surface area contributed by atoms with Crippen LogP contribution in [0.25, 0.3) is 0 Å². The molecule has 20 heavy (non-hydrogen) atoms. The first-order valence-electron chi connectivity index (χ1n) is 6.99. The molecule has 1 aromatic carbocycles. The topological polar surface area (TPSA) is 32.3 Å². The Kier molecular flexibility index (Phi) is 6.20. The second-order valence-electron chi connectivity index (χ2n) is 5.21. The Morgan fingerprint density at radius 1 is 1.35 bits per heavy atom. The first-order valence-corrected chi connectivity index (χ1v) is 8.30. The van der Waals surface area contributed by atoms with Crippen molar-refractivity contribution in [2.24, 2.45) is 5.92 Å². The average Bonchev–Trinajstić information content (AvgIpc) is 2.48. The van der Waals surface area contributed by atoms with Crippen molar-refractivity contribution in [1.29, 1.82) is 0 Å². The smallest absolute Gasteiger partial charge is 0.234 e. The van der Waals surface area contributed by atoms with Gasteiger partial charge in [0.05, 0.1) is 0 Å². The quantitative estimate of drug-likeness (QED) is 0.670. The number of piperidine rings is 1. The van der Waals surface area contributed by atoms with E-state index in [0.29, 0.717) is 5.92 Å². The summed E-state index contributed by atoms with van der Waals surface area (Å²) in [6.45, 7) is 5.00. The minimum absolute atomic E-state index is 0.0577. The minimum atomic E-state index is -0.0665. The van der Waals surface area contributed by atoms with Crippen LogP contribution in [0.15, 0.2) is 29.2 Å². The van der Waals surface area contributed by atoms with Gasteiger partial charge in [-0.3, -0.25) is 4.79 Å². The number of nitrogens with zero attached hydrogens (tertiary/aromatic N) is 1. The summed E-state index contributed by atoms with van der Waals surface area (Å²) in [6, 6.07) is 8.65. The van der Waals surface area contributed by atoms with Crippen LogP contribution >= 0.6 is 23.5 Å². The normalized spacial score (nSPS) is 17.1. The molecule has 5 heteroatoms. The second-order valence-corrected chi connectivity index (χ2v) is 6.65. The van der Waals surface area contributed by atoms with E-state index in [0.717, 1.165) is 32.5 Å². The summed E-state index contributed by atoms with van der Waals surface area (Å²) in [5.41, 5.74) is 1.29. The standard InChI is InChI=1S/C15H21ClN2OS/c1-12-2-4-14(5-3-12)20-18-8-6-13(7-9-18)11-17-15(19)10-16/h2-5,13H,6-11H2,1H3,(H,17,19).